The predicted octanol–water partition coefficient (Wildman–Crippen LogP) is -0.938. The summed E-state index contributed by atoms with van der Waals surface area (Å²) in [5.74, 6) is 0. The fraction of sp³-hybridized carbons (Fsp3) is 1.00. The predicted molar refractivity (Wildman–Crippen MR) is 40.0 cm³/mol. The van der Waals surface area contributed by atoms with Crippen LogP contribution in [0.5, 0.6) is 0 Å². The number of methoxy groups -OCH3 is 1. The number of ether oxygens (including phenoxy) is 1. The molecule has 0 bridgehead atoms. The fourth-order valence-electron chi connectivity index (χ4n) is 1.39. The quantitative estimate of drug-likeness (QED) is 0.489. The minimum Gasteiger partial charge on any atom is -0.389 e. The van der Waals surface area contributed by atoms with Crippen LogP contribution in [0.4, 0.5) is 0 Å². The van der Waals surface area contributed by atoms with Crippen LogP contribution in [-0.2, 0) is 4.74 Å². The molecule has 11 heavy (non-hydrogen) atoms. The Morgan fingerprint density at radius 2 is 2.00 bits per heavy atom. The monoisotopic (exact) mass is 161 g/mol. The van der Waals surface area contributed by atoms with Crippen LogP contribution in [0.1, 0.15) is 13.3 Å². The highest BCUT2D eigenvalue weighted by molar-refractivity contribution is 4.93. The van der Waals surface area contributed by atoms with E-state index in [1.807, 2.05) is 6.92 Å². The van der Waals surface area contributed by atoms with Gasteiger partial charge in [0.25, 0.3) is 0 Å². The summed E-state index contributed by atoms with van der Waals surface area (Å²) >= 11 is 0. The van der Waals surface area contributed by atoms with E-state index in [0.29, 0.717) is 0 Å². The van der Waals surface area contributed by atoms with E-state index < -0.39 is 18.4 Å². The van der Waals surface area contributed by atoms with Crippen LogP contribution < -0.4 is 5.32 Å². The van der Waals surface area contributed by atoms with Crippen LogP contribution in [0.25, 0.3) is 0 Å². The molecule has 0 aromatic carbocycles. The average Bonchev–Trinajstić information content (AvgIpc) is 2.30. The number of hydrogen-bond donors (Lipinski definition) is 3. The summed E-state index contributed by atoms with van der Waals surface area (Å²) in [6, 6.07) is -0.0463. The standard InChI is InChI=1S/C7H15NO3/c1-3-4-5(9)6(10)7(8-4)11-2/h4-10H,3H2,1-2H3/t4-,5-,6-,7+/m0/s1. The maximum Gasteiger partial charge on any atom is 0.136 e. The molecule has 1 aliphatic rings. The van der Waals surface area contributed by atoms with Gasteiger partial charge in [0.2, 0.25) is 0 Å². The molecule has 0 aromatic heterocycles. The molecule has 1 saturated heterocycles. The van der Waals surface area contributed by atoms with E-state index in [1.54, 1.807) is 0 Å². The first kappa shape index (κ1) is 8.93. The van der Waals surface area contributed by atoms with Crippen molar-refractivity contribution in [3.8, 4) is 0 Å². The van der Waals surface area contributed by atoms with E-state index in [0.717, 1.165) is 6.42 Å². The van der Waals surface area contributed by atoms with E-state index >= 15 is 0 Å². The molecule has 1 heterocycles. The first-order valence-electron chi connectivity index (χ1n) is 3.85. The van der Waals surface area contributed by atoms with Gasteiger partial charge in [-0.25, -0.2) is 0 Å². The third kappa shape index (κ3) is 1.54. The lowest BCUT2D eigenvalue weighted by Crippen LogP contribution is -2.34. The van der Waals surface area contributed by atoms with Crippen molar-refractivity contribution >= 4 is 0 Å². The van der Waals surface area contributed by atoms with Gasteiger partial charge in [0.15, 0.2) is 0 Å². The number of aliphatic hydroxyl groups is 2. The summed E-state index contributed by atoms with van der Waals surface area (Å²) in [5, 5.41) is 21.7. The third-order valence-corrected chi connectivity index (χ3v) is 2.14. The summed E-state index contributed by atoms with van der Waals surface area (Å²) in [6.07, 6.45) is -1.14. The highest BCUT2D eigenvalue weighted by atomic mass is 16.5. The smallest absolute Gasteiger partial charge is 0.136 e. The maximum atomic E-state index is 9.37. The summed E-state index contributed by atoms with van der Waals surface area (Å²) < 4.78 is 4.90. The van der Waals surface area contributed by atoms with Crippen LogP contribution in [0.15, 0.2) is 0 Å². The largest absolute Gasteiger partial charge is 0.389 e. The Morgan fingerprint density at radius 1 is 1.36 bits per heavy atom. The van der Waals surface area contributed by atoms with Gasteiger partial charge in [-0.15, -0.1) is 0 Å². The molecule has 0 aliphatic carbocycles. The summed E-state index contributed by atoms with van der Waals surface area (Å²) in [4.78, 5) is 0. The Bertz CT molecular complexity index is 113. The lowest BCUT2D eigenvalue weighted by atomic mass is 10.1. The summed E-state index contributed by atoms with van der Waals surface area (Å²) in [6.45, 7) is 1.95. The van der Waals surface area contributed by atoms with Gasteiger partial charge < -0.3 is 14.9 Å². The molecule has 0 radical (unpaired) electrons. The topological polar surface area (TPSA) is 61.7 Å². The molecule has 66 valence electrons. The molecule has 0 unspecified atom stereocenters. The molecule has 0 amide bonds. The maximum absolute atomic E-state index is 9.37. The molecule has 4 nitrogen and oxygen atoms in total. The number of rotatable bonds is 2. The molecule has 1 aliphatic heterocycles. The van der Waals surface area contributed by atoms with Crippen molar-refractivity contribution in [3.63, 3.8) is 0 Å². The number of aliphatic hydroxyl groups excluding tert-OH is 2. The van der Waals surface area contributed by atoms with E-state index in [4.69, 9.17) is 4.74 Å². The summed E-state index contributed by atoms with van der Waals surface area (Å²) in [5.41, 5.74) is 0. The van der Waals surface area contributed by atoms with Crippen molar-refractivity contribution in [1.82, 2.24) is 5.32 Å². The van der Waals surface area contributed by atoms with E-state index in [-0.39, 0.29) is 6.04 Å². The van der Waals surface area contributed by atoms with Crippen molar-refractivity contribution in [2.75, 3.05) is 7.11 Å². The van der Waals surface area contributed by atoms with Crippen LogP contribution in [0.3, 0.4) is 0 Å². The van der Waals surface area contributed by atoms with Crippen LogP contribution in [0.2, 0.25) is 0 Å². The molecule has 1 rings (SSSR count). The van der Waals surface area contributed by atoms with Gasteiger partial charge in [0, 0.05) is 13.2 Å². The highest BCUT2D eigenvalue weighted by Gasteiger charge is 2.39. The fourth-order valence-corrected chi connectivity index (χ4v) is 1.39. The van der Waals surface area contributed by atoms with Crippen LogP contribution >= 0.6 is 0 Å². The second-order valence-corrected chi connectivity index (χ2v) is 2.82. The average molecular weight is 161 g/mol. The van der Waals surface area contributed by atoms with E-state index in [2.05, 4.69) is 5.32 Å². The zero-order valence-corrected chi connectivity index (χ0v) is 6.82. The first-order valence-corrected chi connectivity index (χ1v) is 3.85. The minimum absolute atomic E-state index is 0.0463. The van der Waals surface area contributed by atoms with Gasteiger partial charge in [0.05, 0.1) is 6.10 Å². The normalized spacial score (nSPS) is 44.7. The second kappa shape index (κ2) is 3.49. The number of hydrogen-bond acceptors (Lipinski definition) is 4. The van der Waals surface area contributed by atoms with Crippen LogP contribution in [-0.4, -0.2) is 41.8 Å². The van der Waals surface area contributed by atoms with Crippen LogP contribution in [0, 0.1) is 0 Å². The first-order chi connectivity index (χ1) is 5.20. The lowest BCUT2D eigenvalue weighted by Gasteiger charge is -2.13. The van der Waals surface area contributed by atoms with Gasteiger partial charge >= 0.3 is 0 Å². The molecule has 4 atom stereocenters. The summed E-state index contributed by atoms with van der Waals surface area (Å²) in [7, 11) is 1.51. The highest BCUT2D eigenvalue weighted by Crippen LogP contribution is 2.16. The Labute approximate surface area is 66.2 Å². The van der Waals surface area contributed by atoms with Gasteiger partial charge in [-0.2, -0.15) is 0 Å². The number of nitrogens with one attached hydrogen (secondary N) is 1. The van der Waals surface area contributed by atoms with E-state index in [9.17, 15) is 10.2 Å². The van der Waals surface area contributed by atoms with Crippen molar-refractivity contribution in [1.29, 1.82) is 0 Å². The third-order valence-electron chi connectivity index (χ3n) is 2.14. The zero-order chi connectivity index (χ0) is 8.43. The Hall–Kier alpha value is -0.160. The molecule has 0 saturated carbocycles. The molecule has 1 fully saturated rings. The van der Waals surface area contributed by atoms with Crippen molar-refractivity contribution < 1.29 is 14.9 Å². The van der Waals surface area contributed by atoms with Crippen molar-refractivity contribution in [2.45, 2.75) is 37.8 Å². The Kier molecular flexibility index (Phi) is 2.84. The van der Waals surface area contributed by atoms with Crippen molar-refractivity contribution in [3.05, 3.63) is 0 Å². The Morgan fingerprint density at radius 3 is 2.27 bits per heavy atom. The van der Waals surface area contributed by atoms with Gasteiger partial charge in [-0.1, -0.05) is 6.92 Å². The van der Waals surface area contributed by atoms with Gasteiger partial charge in [0.1, 0.15) is 12.3 Å². The molecule has 0 spiro atoms. The molecular weight excluding hydrogens is 146 g/mol. The minimum atomic E-state index is -0.801. The van der Waals surface area contributed by atoms with Gasteiger partial charge in [-0.05, 0) is 6.42 Å². The van der Waals surface area contributed by atoms with Gasteiger partial charge in [-0.3, -0.25) is 5.32 Å². The molecule has 3 N–H and O–H groups in total. The molecule has 0 aromatic rings. The lowest BCUT2D eigenvalue weighted by molar-refractivity contribution is -0.0427. The molecule has 4 heteroatoms. The SMILES string of the molecule is CC[C@@H]1N[C@H](OC)[C@@H](O)[C@H]1O. The Balaban J connectivity index is 2.53. The zero-order valence-electron chi connectivity index (χ0n) is 6.82. The van der Waals surface area contributed by atoms with E-state index in [1.165, 1.54) is 7.11 Å². The molecular formula is C7H15NO3. The van der Waals surface area contributed by atoms with Crippen molar-refractivity contribution in [2.24, 2.45) is 0 Å². The second-order valence-electron chi connectivity index (χ2n) is 2.82.